The number of hydrogen-bond acceptors (Lipinski definition) is 2. The van der Waals surface area contributed by atoms with Crippen molar-refractivity contribution >= 4 is 0 Å². The molecule has 19 heavy (non-hydrogen) atoms. The molecule has 0 aromatic carbocycles. The summed E-state index contributed by atoms with van der Waals surface area (Å²) in [6.07, 6.45) is 10.4. The molecule has 0 atom stereocenters. The van der Waals surface area contributed by atoms with Crippen molar-refractivity contribution in [3.63, 3.8) is 0 Å². The van der Waals surface area contributed by atoms with Gasteiger partial charge in [-0.2, -0.15) is 0 Å². The minimum absolute atomic E-state index is 0.215. The van der Waals surface area contributed by atoms with Crippen molar-refractivity contribution in [1.82, 2.24) is 0 Å². The first-order chi connectivity index (χ1) is 8.64. The predicted molar refractivity (Wildman–Crippen MR) is 83.2 cm³/mol. The lowest BCUT2D eigenvalue weighted by Gasteiger charge is -2.24. The van der Waals surface area contributed by atoms with E-state index in [0.29, 0.717) is 0 Å². The first-order valence-corrected chi connectivity index (χ1v) is 8.01. The SMILES string of the molecule is CC(C)(C)OOC(C)(C)C.CCCC1CCCCC1. The van der Waals surface area contributed by atoms with Crippen LogP contribution in [0.2, 0.25) is 0 Å². The van der Waals surface area contributed by atoms with Gasteiger partial charge >= 0.3 is 0 Å². The second-order valence-electron chi connectivity index (χ2n) is 7.68. The Morgan fingerprint density at radius 1 is 0.789 bits per heavy atom. The fourth-order valence-electron chi connectivity index (χ4n) is 2.13. The zero-order valence-corrected chi connectivity index (χ0v) is 14.3. The average Bonchev–Trinajstić information content (AvgIpc) is 2.28. The van der Waals surface area contributed by atoms with E-state index in [1.54, 1.807) is 0 Å². The average molecular weight is 272 g/mol. The monoisotopic (exact) mass is 272 g/mol. The van der Waals surface area contributed by atoms with Crippen LogP contribution in [0.15, 0.2) is 0 Å². The second-order valence-corrected chi connectivity index (χ2v) is 7.68. The highest BCUT2D eigenvalue weighted by Crippen LogP contribution is 2.26. The Morgan fingerprint density at radius 3 is 1.53 bits per heavy atom. The van der Waals surface area contributed by atoms with Crippen LogP contribution in [-0.4, -0.2) is 11.2 Å². The van der Waals surface area contributed by atoms with Crippen molar-refractivity contribution in [3.8, 4) is 0 Å². The molecule has 2 heteroatoms. The summed E-state index contributed by atoms with van der Waals surface area (Å²) in [6.45, 7) is 14.0. The Morgan fingerprint density at radius 2 is 1.21 bits per heavy atom. The topological polar surface area (TPSA) is 18.5 Å². The molecule has 0 N–H and O–H groups in total. The van der Waals surface area contributed by atoms with E-state index < -0.39 is 0 Å². The van der Waals surface area contributed by atoms with Gasteiger partial charge in [0.25, 0.3) is 0 Å². The zero-order valence-electron chi connectivity index (χ0n) is 14.3. The fourth-order valence-corrected chi connectivity index (χ4v) is 2.13. The summed E-state index contributed by atoms with van der Waals surface area (Å²) in [5.74, 6) is 1.10. The molecule has 0 amide bonds. The number of rotatable bonds is 3. The van der Waals surface area contributed by atoms with Crippen LogP contribution in [0.1, 0.15) is 93.4 Å². The summed E-state index contributed by atoms with van der Waals surface area (Å²) in [7, 11) is 0. The third-order valence-corrected chi connectivity index (χ3v) is 2.96. The van der Waals surface area contributed by atoms with Crippen molar-refractivity contribution < 1.29 is 9.78 Å². The molecule has 0 spiro atoms. The molecule has 116 valence electrons. The minimum Gasteiger partial charge on any atom is -0.230 e. The fraction of sp³-hybridized carbons (Fsp3) is 1.00. The molecule has 0 bridgehead atoms. The van der Waals surface area contributed by atoms with Crippen LogP contribution in [0.25, 0.3) is 0 Å². The van der Waals surface area contributed by atoms with Crippen molar-refractivity contribution in [2.24, 2.45) is 5.92 Å². The maximum atomic E-state index is 5.09. The molecule has 0 aliphatic heterocycles. The molecule has 1 fully saturated rings. The van der Waals surface area contributed by atoms with Crippen molar-refractivity contribution in [1.29, 1.82) is 0 Å². The lowest BCUT2D eigenvalue weighted by atomic mass is 9.86. The van der Waals surface area contributed by atoms with Gasteiger partial charge in [-0.15, -0.1) is 0 Å². The van der Waals surface area contributed by atoms with Gasteiger partial charge in [0.05, 0.1) is 11.2 Å². The van der Waals surface area contributed by atoms with Gasteiger partial charge in [-0.05, 0) is 47.5 Å². The molecule has 0 aromatic heterocycles. The van der Waals surface area contributed by atoms with Crippen LogP contribution in [0.4, 0.5) is 0 Å². The molecule has 1 aliphatic carbocycles. The molecule has 1 aliphatic rings. The Bertz CT molecular complexity index is 188. The molecule has 0 radical (unpaired) electrons. The van der Waals surface area contributed by atoms with Crippen LogP contribution in [-0.2, 0) is 9.78 Å². The third-order valence-electron chi connectivity index (χ3n) is 2.96. The van der Waals surface area contributed by atoms with E-state index in [2.05, 4.69) is 6.92 Å². The Balaban J connectivity index is 0.000000342. The molecule has 0 heterocycles. The molecule has 0 unspecified atom stereocenters. The Hall–Kier alpha value is -0.0800. The zero-order chi connectivity index (χ0) is 14.9. The maximum absolute atomic E-state index is 5.09. The van der Waals surface area contributed by atoms with E-state index in [4.69, 9.17) is 9.78 Å². The van der Waals surface area contributed by atoms with Crippen LogP contribution >= 0.6 is 0 Å². The van der Waals surface area contributed by atoms with E-state index in [-0.39, 0.29) is 11.2 Å². The summed E-state index contributed by atoms with van der Waals surface area (Å²) in [5, 5.41) is 0. The van der Waals surface area contributed by atoms with Gasteiger partial charge in [0.2, 0.25) is 0 Å². The lowest BCUT2D eigenvalue weighted by Crippen LogP contribution is -2.27. The van der Waals surface area contributed by atoms with E-state index in [1.807, 2.05) is 41.5 Å². The minimum atomic E-state index is -0.215. The highest BCUT2D eigenvalue weighted by molar-refractivity contribution is 4.64. The first-order valence-electron chi connectivity index (χ1n) is 8.01. The highest BCUT2D eigenvalue weighted by Gasteiger charge is 2.18. The summed E-state index contributed by atoms with van der Waals surface area (Å²) >= 11 is 0. The molecule has 1 saturated carbocycles. The van der Waals surface area contributed by atoms with Gasteiger partial charge in [-0.3, -0.25) is 0 Å². The Labute approximate surface area is 121 Å². The molecular formula is C17H36O2. The lowest BCUT2D eigenvalue weighted by molar-refractivity contribution is -0.393. The van der Waals surface area contributed by atoms with Crippen molar-refractivity contribution in [2.45, 2.75) is 105 Å². The molecule has 2 nitrogen and oxygen atoms in total. The smallest absolute Gasteiger partial charge is 0.0952 e. The highest BCUT2D eigenvalue weighted by atomic mass is 17.2. The van der Waals surface area contributed by atoms with Crippen molar-refractivity contribution in [3.05, 3.63) is 0 Å². The van der Waals surface area contributed by atoms with Crippen LogP contribution in [0, 0.1) is 5.92 Å². The summed E-state index contributed by atoms with van der Waals surface area (Å²) in [5.41, 5.74) is -0.430. The van der Waals surface area contributed by atoms with Gasteiger partial charge in [-0.25, -0.2) is 9.78 Å². The van der Waals surface area contributed by atoms with Crippen LogP contribution in [0.3, 0.4) is 0 Å². The van der Waals surface area contributed by atoms with Gasteiger partial charge in [-0.1, -0.05) is 51.9 Å². The normalized spacial score (nSPS) is 17.8. The maximum Gasteiger partial charge on any atom is 0.0952 e. The first kappa shape index (κ1) is 18.9. The van der Waals surface area contributed by atoms with Gasteiger partial charge in [0, 0.05) is 0 Å². The largest absolute Gasteiger partial charge is 0.230 e. The third kappa shape index (κ3) is 14.1. The molecule has 0 saturated heterocycles. The summed E-state index contributed by atoms with van der Waals surface area (Å²) in [6, 6.07) is 0. The van der Waals surface area contributed by atoms with E-state index in [0.717, 1.165) is 5.92 Å². The van der Waals surface area contributed by atoms with Crippen molar-refractivity contribution in [2.75, 3.05) is 0 Å². The number of hydrogen-bond donors (Lipinski definition) is 0. The van der Waals surface area contributed by atoms with Gasteiger partial charge < -0.3 is 0 Å². The predicted octanol–water partition coefficient (Wildman–Crippen LogP) is 5.90. The molecular weight excluding hydrogens is 236 g/mol. The van der Waals surface area contributed by atoms with Crippen LogP contribution < -0.4 is 0 Å². The Kier molecular flexibility index (Phi) is 8.93. The van der Waals surface area contributed by atoms with Crippen LogP contribution in [0.5, 0.6) is 0 Å². The standard InChI is InChI=1S/C9H18.C8H18O2/c1-2-6-9-7-4-3-5-8-9;1-7(2,3)9-10-8(4,5)6/h9H,2-8H2,1H3;1-6H3. The van der Waals surface area contributed by atoms with E-state index in [1.165, 1.54) is 44.9 Å². The van der Waals surface area contributed by atoms with E-state index in [9.17, 15) is 0 Å². The summed E-state index contributed by atoms with van der Waals surface area (Å²) in [4.78, 5) is 10.2. The van der Waals surface area contributed by atoms with Gasteiger partial charge in [0.1, 0.15) is 0 Å². The van der Waals surface area contributed by atoms with Gasteiger partial charge in [0.15, 0.2) is 0 Å². The van der Waals surface area contributed by atoms with E-state index >= 15 is 0 Å². The molecule has 1 rings (SSSR count). The summed E-state index contributed by atoms with van der Waals surface area (Å²) < 4.78 is 0. The molecule has 0 aromatic rings. The second kappa shape index (κ2) is 8.97. The quantitative estimate of drug-likeness (QED) is 0.470.